The molecule has 0 aliphatic heterocycles. The zero-order valence-electron chi connectivity index (χ0n) is 10.0. The van der Waals surface area contributed by atoms with Crippen LogP contribution in [0.4, 0.5) is 5.69 Å². The van der Waals surface area contributed by atoms with Gasteiger partial charge in [0.1, 0.15) is 0 Å². The number of aryl methyl sites for hydroxylation is 1. The van der Waals surface area contributed by atoms with Gasteiger partial charge in [0.25, 0.3) is 5.91 Å². The quantitative estimate of drug-likeness (QED) is 0.712. The molecule has 1 amide bonds. The second kappa shape index (κ2) is 6.07. The molecule has 0 spiro atoms. The summed E-state index contributed by atoms with van der Waals surface area (Å²) in [7, 11) is 0. The van der Waals surface area contributed by atoms with Gasteiger partial charge >= 0.3 is 0 Å². The first-order valence-corrected chi connectivity index (χ1v) is 7.46. The molecule has 0 aliphatic carbocycles. The number of carbonyl (C=O) groups excluding carboxylic acids is 1. The molecule has 0 heterocycles. The molecule has 2 aromatic rings. The van der Waals surface area contributed by atoms with E-state index in [2.05, 4.69) is 37.2 Å². The van der Waals surface area contributed by atoms with E-state index in [4.69, 9.17) is 11.6 Å². The molecule has 0 saturated carbocycles. The van der Waals surface area contributed by atoms with Crippen LogP contribution in [0.15, 0.2) is 45.3 Å². The van der Waals surface area contributed by atoms with Gasteiger partial charge in [0.15, 0.2) is 0 Å². The number of nitrogens with one attached hydrogen (secondary N) is 1. The number of rotatable bonds is 2. The minimum atomic E-state index is -0.166. The summed E-state index contributed by atoms with van der Waals surface area (Å²) in [4.78, 5) is 12.2. The van der Waals surface area contributed by atoms with E-state index in [-0.39, 0.29) is 5.91 Å². The van der Waals surface area contributed by atoms with E-state index in [9.17, 15) is 4.79 Å². The lowest BCUT2D eigenvalue weighted by Crippen LogP contribution is -2.12. The first-order valence-electron chi connectivity index (χ1n) is 5.50. The van der Waals surface area contributed by atoms with E-state index in [1.54, 1.807) is 24.3 Å². The molecule has 19 heavy (non-hydrogen) atoms. The highest BCUT2D eigenvalue weighted by Gasteiger charge is 2.10. The molecule has 0 bridgehead atoms. The average Bonchev–Trinajstić information content (AvgIpc) is 2.33. The van der Waals surface area contributed by atoms with Gasteiger partial charge in [-0.3, -0.25) is 4.79 Å². The van der Waals surface area contributed by atoms with Crippen LogP contribution in [-0.4, -0.2) is 5.91 Å². The maximum atomic E-state index is 12.2. The van der Waals surface area contributed by atoms with Gasteiger partial charge in [-0.25, -0.2) is 0 Å². The smallest absolute Gasteiger partial charge is 0.256 e. The van der Waals surface area contributed by atoms with Gasteiger partial charge in [0.05, 0.1) is 10.6 Å². The molecule has 98 valence electrons. The molecule has 5 heteroatoms. The molecule has 0 atom stereocenters. The zero-order chi connectivity index (χ0) is 14.0. The largest absolute Gasteiger partial charge is 0.322 e. The van der Waals surface area contributed by atoms with Crippen molar-refractivity contribution in [2.24, 2.45) is 0 Å². The van der Waals surface area contributed by atoms with E-state index in [1.807, 2.05) is 19.1 Å². The maximum absolute atomic E-state index is 12.2. The Morgan fingerprint density at radius 2 is 1.84 bits per heavy atom. The molecule has 0 aliphatic rings. The Morgan fingerprint density at radius 1 is 1.11 bits per heavy atom. The molecular formula is C14H10Br2ClNO. The minimum Gasteiger partial charge on any atom is -0.322 e. The highest BCUT2D eigenvalue weighted by molar-refractivity contribution is 9.10. The summed E-state index contributed by atoms with van der Waals surface area (Å²) in [6.07, 6.45) is 0. The van der Waals surface area contributed by atoms with Gasteiger partial charge < -0.3 is 5.32 Å². The first kappa shape index (κ1) is 14.6. The summed E-state index contributed by atoms with van der Waals surface area (Å²) in [6, 6.07) is 10.9. The number of hydrogen-bond donors (Lipinski definition) is 1. The molecule has 0 radical (unpaired) electrons. The van der Waals surface area contributed by atoms with Crippen molar-refractivity contribution in [3.05, 3.63) is 61.5 Å². The highest BCUT2D eigenvalue weighted by Crippen LogP contribution is 2.26. The van der Waals surface area contributed by atoms with E-state index < -0.39 is 0 Å². The number of anilines is 1. The predicted octanol–water partition coefficient (Wildman–Crippen LogP) is 5.43. The fourth-order valence-corrected chi connectivity index (χ4v) is 2.75. The summed E-state index contributed by atoms with van der Waals surface area (Å²) in [5.41, 5.74) is 2.38. The second-order valence-electron chi connectivity index (χ2n) is 4.07. The lowest BCUT2D eigenvalue weighted by molar-refractivity contribution is 0.102. The molecule has 2 aromatic carbocycles. The van der Waals surface area contributed by atoms with Gasteiger partial charge in [-0.1, -0.05) is 17.7 Å². The van der Waals surface area contributed by atoms with Gasteiger partial charge in [0.2, 0.25) is 0 Å². The number of halogens is 3. The van der Waals surface area contributed by atoms with Crippen LogP contribution in [-0.2, 0) is 0 Å². The molecule has 2 nitrogen and oxygen atoms in total. The van der Waals surface area contributed by atoms with E-state index in [0.29, 0.717) is 16.3 Å². The Bertz CT molecular complexity index is 643. The molecule has 0 saturated heterocycles. The van der Waals surface area contributed by atoms with Crippen LogP contribution in [0.25, 0.3) is 0 Å². The van der Waals surface area contributed by atoms with Gasteiger partial charge in [-0.05, 0) is 74.7 Å². The summed E-state index contributed by atoms with van der Waals surface area (Å²) in [5, 5.41) is 3.44. The van der Waals surface area contributed by atoms with Crippen molar-refractivity contribution in [2.75, 3.05) is 5.32 Å². The topological polar surface area (TPSA) is 29.1 Å². The SMILES string of the molecule is Cc1ccc(C(=O)Nc2ccc(Cl)c(Br)c2)c(Br)c1. The minimum absolute atomic E-state index is 0.166. The lowest BCUT2D eigenvalue weighted by Gasteiger charge is -2.08. The van der Waals surface area contributed by atoms with E-state index >= 15 is 0 Å². The first-order chi connectivity index (χ1) is 8.97. The molecule has 2 rings (SSSR count). The molecule has 0 unspecified atom stereocenters. The Morgan fingerprint density at radius 3 is 2.47 bits per heavy atom. The second-order valence-corrected chi connectivity index (χ2v) is 6.18. The van der Waals surface area contributed by atoms with Crippen molar-refractivity contribution in [3.8, 4) is 0 Å². The Balaban J connectivity index is 2.23. The maximum Gasteiger partial charge on any atom is 0.256 e. The summed E-state index contributed by atoms with van der Waals surface area (Å²) in [6.45, 7) is 1.97. The predicted molar refractivity (Wildman–Crippen MR) is 86.0 cm³/mol. The van der Waals surface area contributed by atoms with Gasteiger partial charge in [-0.15, -0.1) is 0 Å². The van der Waals surface area contributed by atoms with Crippen LogP contribution >= 0.6 is 43.5 Å². The average molecular weight is 404 g/mol. The Hall–Kier alpha value is -0.840. The van der Waals surface area contributed by atoms with Gasteiger partial charge in [0, 0.05) is 14.6 Å². The third kappa shape index (κ3) is 3.59. The number of amides is 1. The lowest BCUT2D eigenvalue weighted by atomic mass is 10.1. The van der Waals surface area contributed by atoms with Crippen LogP contribution < -0.4 is 5.32 Å². The third-order valence-electron chi connectivity index (χ3n) is 2.55. The van der Waals surface area contributed by atoms with E-state index in [1.165, 1.54) is 0 Å². The van der Waals surface area contributed by atoms with Crippen LogP contribution in [0.5, 0.6) is 0 Å². The number of hydrogen-bond acceptors (Lipinski definition) is 1. The summed E-state index contributed by atoms with van der Waals surface area (Å²) >= 11 is 12.6. The van der Waals surface area contributed by atoms with Crippen LogP contribution in [0.2, 0.25) is 5.02 Å². The fourth-order valence-electron chi connectivity index (χ4n) is 1.58. The normalized spacial score (nSPS) is 10.3. The summed E-state index contributed by atoms with van der Waals surface area (Å²) < 4.78 is 1.52. The highest BCUT2D eigenvalue weighted by atomic mass is 79.9. The zero-order valence-corrected chi connectivity index (χ0v) is 13.9. The van der Waals surface area contributed by atoms with Gasteiger partial charge in [-0.2, -0.15) is 0 Å². The number of benzene rings is 2. The monoisotopic (exact) mass is 401 g/mol. The standard InChI is InChI=1S/C14H10Br2ClNO/c1-8-2-4-10(11(15)6-8)14(19)18-9-3-5-13(17)12(16)7-9/h2-7H,1H3,(H,18,19). The van der Waals surface area contributed by atoms with Crippen molar-refractivity contribution < 1.29 is 4.79 Å². The van der Waals surface area contributed by atoms with Crippen molar-refractivity contribution >= 4 is 55.1 Å². The number of carbonyl (C=O) groups is 1. The van der Waals surface area contributed by atoms with Crippen LogP contribution in [0.1, 0.15) is 15.9 Å². The van der Waals surface area contributed by atoms with Crippen molar-refractivity contribution in [3.63, 3.8) is 0 Å². The molecule has 1 N–H and O–H groups in total. The molecule has 0 fully saturated rings. The van der Waals surface area contributed by atoms with Crippen molar-refractivity contribution in [2.45, 2.75) is 6.92 Å². The molecule has 0 aromatic heterocycles. The van der Waals surface area contributed by atoms with Crippen LogP contribution in [0, 0.1) is 6.92 Å². The Kier molecular flexibility index (Phi) is 4.66. The van der Waals surface area contributed by atoms with Crippen molar-refractivity contribution in [1.29, 1.82) is 0 Å². The summed E-state index contributed by atoms with van der Waals surface area (Å²) in [5.74, 6) is -0.166. The Labute approximate surface area is 133 Å². The molecular weight excluding hydrogens is 393 g/mol. The van der Waals surface area contributed by atoms with E-state index in [0.717, 1.165) is 14.5 Å². The fraction of sp³-hybridized carbons (Fsp3) is 0.0714. The van der Waals surface area contributed by atoms with Crippen molar-refractivity contribution in [1.82, 2.24) is 0 Å². The third-order valence-corrected chi connectivity index (χ3v) is 4.42. The van der Waals surface area contributed by atoms with Crippen LogP contribution in [0.3, 0.4) is 0 Å².